The minimum Gasteiger partial charge on any atom is -0.326 e. The van der Waals surface area contributed by atoms with Crippen LogP contribution in [0.25, 0.3) is 0 Å². The number of hydrogen-bond donors (Lipinski definition) is 1. The first-order chi connectivity index (χ1) is 6.09. The molecule has 0 amide bonds. The first-order valence-corrected chi connectivity index (χ1v) is 4.66. The molecule has 1 rings (SSSR count). The van der Waals surface area contributed by atoms with E-state index in [0.29, 0.717) is 5.69 Å². The van der Waals surface area contributed by atoms with Crippen LogP contribution in [0.3, 0.4) is 0 Å². The molecule has 0 radical (unpaired) electrons. The molecule has 0 unspecified atom stereocenters. The van der Waals surface area contributed by atoms with Crippen molar-refractivity contribution in [3.63, 3.8) is 0 Å². The highest BCUT2D eigenvalue weighted by Crippen LogP contribution is 2.14. The summed E-state index contributed by atoms with van der Waals surface area (Å²) in [5.74, 6) is 5.01. The van der Waals surface area contributed by atoms with Gasteiger partial charge in [0.1, 0.15) is 0 Å². The van der Waals surface area contributed by atoms with Gasteiger partial charge in [0, 0.05) is 10.5 Å². The van der Waals surface area contributed by atoms with Crippen molar-refractivity contribution >= 4 is 34.2 Å². The Labute approximate surface area is 89.7 Å². The van der Waals surface area contributed by atoms with E-state index in [0.717, 1.165) is 8.74 Å². The summed E-state index contributed by atoms with van der Waals surface area (Å²) in [5, 5.41) is 0.949. The molecular formula is C8H9IN2O2. The highest BCUT2D eigenvalue weighted by molar-refractivity contribution is 14.1. The fraction of sp³-hybridized carbons (Fsp3) is 0.125. The van der Waals surface area contributed by atoms with Gasteiger partial charge in [-0.2, -0.15) is 0 Å². The van der Waals surface area contributed by atoms with E-state index in [-0.39, 0.29) is 0 Å². The van der Waals surface area contributed by atoms with Crippen LogP contribution in [0.1, 0.15) is 6.92 Å². The van der Waals surface area contributed by atoms with E-state index in [1.807, 2.05) is 18.2 Å². The van der Waals surface area contributed by atoms with Gasteiger partial charge in [0.2, 0.25) is 0 Å². The van der Waals surface area contributed by atoms with Gasteiger partial charge in [0.15, 0.2) is 0 Å². The van der Waals surface area contributed by atoms with Crippen LogP contribution in [0.15, 0.2) is 24.3 Å². The molecule has 0 bridgehead atoms. The Hall–Kier alpha value is -0.820. The maximum atomic E-state index is 10.6. The standard InChI is InChI=1S/C8H9IN2O2/c1-6(12)13-11(10)8-4-2-3-7(9)5-8/h2-5H,10H2,1H3. The zero-order valence-electron chi connectivity index (χ0n) is 7.03. The number of hydrogen-bond acceptors (Lipinski definition) is 4. The molecule has 0 fully saturated rings. The molecule has 0 heterocycles. The van der Waals surface area contributed by atoms with Gasteiger partial charge in [0.25, 0.3) is 0 Å². The number of carbonyl (C=O) groups is 1. The second-order valence-electron chi connectivity index (χ2n) is 2.39. The number of nitrogens with two attached hydrogens (primary N) is 1. The van der Waals surface area contributed by atoms with Crippen molar-refractivity contribution in [3.8, 4) is 0 Å². The average molecular weight is 292 g/mol. The first-order valence-electron chi connectivity index (χ1n) is 3.58. The van der Waals surface area contributed by atoms with Crippen LogP contribution in [0, 0.1) is 3.57 Å². The number of rotatable bonds is 2. The van der Waals surface area contributed by atoms with E-state index in [1.165, 1.54) is 6.92 Å². The quantitative estimate of drug-likeness (QED) is 0.509. The van der Waals surface area contributed by atoms with Crippen molar-refractivity contribution in [2.45, 2.75) is 6.92 Å². The van der Waals surface area contributed by atoms with Gasteiger partial charge in [-0.3, -0.25) is 0 Å². The van der Waals surface area contributed by atoms with Crippen LogP contribution in [0.5, 0.6) is 0 Å². The normalized spacial score (nSPS) is 9.46. The van der Waals surface area contributed by atoms with Crippen LogP contribution in [0.2, 0.25) is 0 Å². The maximum absolute atomic E-state index is 10.6. The Morgan fingerprint density at radius 3 is 2.85 bits per heavy atom. The van der Waals surface area contributed by atoms with E-state index < -0.39 is 5.97 Å². The lowest BCUT2D eigenvalue weighted by Crippen LogP contribution is -2.32. The van der Waals surface area contributed by atoms with Crippen molar-refractivity contribution in [2.75, 3.05) is 5.17 Å². The predicted molar refractivity (Wildman–Crippen MR) is 57.6 cm³/mol. The molecular weight excluding hydrogens is 283 g/mol. The topological polar surface area (TPSA) is 55.6 Å². The SMILES string of the molecule is CC(=O)ON(N)c1cccc(I)c1. The smallest absolute Gasteiger partial charge is 0.326 e. The van der Waals surface area contributed by atoms with Gasteiger partial charge >= 0.3 is 5.97 Å². The number of anilines is 1. The van der Waals surface area contributed by atoms with Crippen LogP contribution >= 0.6 is 22.6 Å². The van der Waals surface area contributed by atoms with E-state index in [1.54, 1.807) is 6.07 Å². The molecule has 2 N–H and O–H groups in total. The van der Waals surface area contributed by atoms with Gasteiger partial charge in [-0.15, -0.1) is 5.17 Å². The van der Waals surface area contributed by atoms with Gasteiger partial charge in [-0.25, -0.2) is 10.6 Å². The van der Waals surface area contributed by atoms with Crippen LogP contribution in [-0.4, -0.2) is 5.97 Å². The van der Waals surface area contributed by atoms with Crippen molar-refractivity contribution < 1.29 is 9.63 Å². The number of carbonyl (C=O) groups excluding carboxylic acids is 1. The third kappa shape index (κ3) is 3.19. The molecule has 0 saturated heterocycles. The lowest BCUT2D eigenvalue weighted by Gasteiger charge is -2.15. The summed E-state index contributed by atoms with van der Waals surface area (Å²) in [7, 11) is 0. The molecule has 0 saturated carbocycles. The number of benzene rings is 1. The average Bonchev–Trinajstić information content (AvgIpc) is 2.03. The summed E-state index contributed by atoms with van der Waals surface area (Å²) in [6, 6.07) is 7.32. The van der Waals surface area contributed by atoms with Crippen LogP contribution in [-0.2, 0) is 9.63 Å². The predicted octanol–water partition coefficient (Wildman–Crippen LogP) is 1.45. The molecule has 0 aliphatic rings. The van der Waals surface area contributed by atoms with Crippen molar-refractivity contribution in [3.05, 3.63) is 27.8 Å². The zero-order valence-corrected chi connectivity index (χ0v) is 9.19. The third-order valence-electron chi connectivity index (χ3n) is 1.29. The largest absolute Gasteiger partial charge is 0.331 e. The van der Waals surface area contributed by atoms with Crippen LogP contribution < -0.4 is 11.0 Å². The summed E-state index contributed by atoms with van der Waals surface area (Å²) in [6.45, 7) is 1.30. The Balaban J connectivity index is 2.76. The first kappa shape index (κ1) is 10.3. The number of hydrazine groups is 1. The minimum absolute atomic E-state index is 0.443. The summed E-state index contributed by atoms with van der Waals surface area (Å²) in [4.78, 5) is 15.2. The monoisotopic (exact) mass is 292 g/mol. The molecule has 1 aromatic rings. The highest BCUT2D eigenvalue weighted by atomic mass is 127. The fourth-order valence-electron chi connectivity index (χ4n) is 0.804. The summed E-state index contributed by atoms with van der Waals surface area (Å²) < 4.78 is 1.03. The molecule has 1 aromatic carbocycles. The molecule has 0 aromatic heterocycles. The van der Waals surface area contributed by atoms with E-state index in [9.17, 15) is 4.79 Å². The van der Waals surface area contributed by atoms with Gasteiger partial charge in [0.05, 0.1) is 5.69 Å². The second kappa shape index (κ2) is 4.43. The summed E-state index contributed by atoms with van der Waals surface area (Å²) >= 11 is 2.15. The highest BCUT2D eigenvalue weighted by Gasteiger charge is 2.04. The lowest BCUT2D eigenvalue weighted by molar-refractivity contribution is -0.142. The summed E-state index contributed by atoms with van der Waals surface area (Å²) in [5.41, 5.74) is 0.641. The van der Waals surface area contributed by atoms with Crippen molar-refractivity contribution in [2.24, 2.45) is 5.84 Å². The Bertz CT molecular complexity index is 317. The molecule has 0 aliphatic heterocycles. The lowest BCUT2D eigenvalue weighted by atomic mass is 10.3. The van der Waals surface area contributed by atoms with Gasteiger partial charge in [-0.1, -0.05) is 6.07 Å². The molecule has 5 heteroatoms. The zero-order chi connectivity index (χ0) is 9.84. The molecule has 70 valence electrons. The molecule has 0 spiro atoms. The number of halogens is 1. The third-order valence-corrected chi connectivity index (χ3v) is 1.96. The van der Waals surface area contributed by atoms with E-state index in [4.69, 9.17) is 5.84 Å². The van der Waals surface area contributed by atoms with Crippen molar-refractivity contribution in [1.82, 2.24) is 0 Å². The van der Waals surface area contributed by atoms with Gasteiger partial charge < -0.3 is 4.84 Å². The Morgan fingerprint density at radius 2 is 2.31 bits per heavy atom. The maximum Gasteiger partial charge on any atom is 0.331 e. The Morgan fingerprint density at radius 1 is 1.62 bits per heavy atom. The van der Waals surface area contributed by atoms with Crippen molar-refractivity contribution in [1.29, 1.82) is 0 Å². The van der Waals surface area contributed by atoms with Crippen LogP contribution in [0.4, 0.5) is 5.69 Å². The summed E-state index contributed by atoms with van der Waals surface area (Å²) in [6.07, 6.45) is 0. The number of nitrogens with zero attached hydrogens (tertiary/aromatic N) is 1. The minimum atomic E-state index is -0.443. The molecule has 13 heavy (non-hydrogen) atoms. The van der Waals surface area contributed by atoms with E-state index in [2.05, 4.69) is 27.4 Å². The second-order valence-corrected chi connectivity index (χ2v) is 3.63. The van der Waals surface area contributed by atoms with E-state index >= 15 is 0 Å². The fourth-order valence-corrected chi connectivity index (χ4v) is 1.33. The van der Waals surface area contributed by atoms with Gasteiger partial charge in [-0.05, 0) is 40.8 Å². The molecule has 0 aliphatic carbocycles. The Kier molecular flexibility index (Phi) is 3.49. The molecule has 4 nitrogen and oxygen atoms in total. The molecule has 0 atom stereocenters.